The maximum absolute atomic E-state index is 12.7. The van der Waals surface area contributed by atoms with E-state index in [-0.39, 0.29) is 11.9 Å². The number of aryl methyl sites for hydroxylation is 2. The van der Waals surface area contributed by atoms with Gasteiger partial charge < -0.3 is 4.90 Å². The number of amides is 1. The second-order valence-corrected chi connectivity index (χ2v) is 6.81. The first-order valence-electron chi connectivity index (χ1n) is 6.44. The molecule has 1 aliphatic heterocycles. The van der Waals surface area contributed by atoms with Gasteiger partial charge in [0.2, 0.25) is 0 Å². The fourth-order valence-corrected chi connectivity index (χ4v) is 4.22. The Labute approximate surface area is 126 Å². The number of thiazole rings is 1. The molecule has 0 aromatic carbocycles. The average molecular weight is 308 g/mol. The van der Waals surface area contributed by atoms with Gasteiger partial charge >= 0.3 is 0 Å². The lowest BCUT2D eigenvalue weighted by molar-refractivity contribution is 0.0705. The van der Waals surface area contributed by atoms with E-state index < -0.39 is 0 Å². The third-order valence-corrected chi connectivity index (χ3v) is 5.38. The van der Waals surface area contributed by atoms with Crippen molar-refractivity contribution in [2.45, 2.75) is 13.0 Å². The van der Waals surface area contributed by atoms with E-state index in [0.29, 0.717) is 0 Å². The summed E-state index contributed by atoms with van der Waals surface area (Å²) in [4.78, 5) is 19.6. The number of hydrogen-bond donors (Lipinski definition) is 0. The van der Waals surface area contributed by atoms with Gasteiger partial charge in [0.05, 0.1) is 23.4 Å². The Morgan fingerprint density at radius 2 is 2.35 bits per heavy atom. The normalized spacial score (nSPS) is 19.3. The zero-order valence-electron chi connectivity index (χ0n) is 11.4. The van der Waals surface area contributed by atoms with Crippen molar-refractivity contribution in [1.82, 2.24) is 19.7 Å². The predicted molar refractivity (Wildman–Crippen MR) is 81.2 cm³/mol. The third kappa shape index (κ3) is 2.47. The number of thioether (sulfide) groups is 1. The zero-order valence-corrected chi connectivity index (χ0v) is 13.1. The van der Waals surface area contributed by atoms with Crippen LogP contribution < -0.4 is 0 Å². The highest BCUT2D eigenvalue weighted by Gasteiger charge is 2.31. The molecule has 1 atom stereocenters. The standard InChI is InChI=1S/C13H16N4OS2/c1-9-12(20-8-14-9)13(18)17-3-4-19-7-11(17)10-5-15-16(2)6-10/h5-6,8,11H,3-4,7H2,1-2H3/t11-/m1/s1. The second-order valence-electron chi connectivity index (χ2n) is 4.80. The number of carbonyl (C=O) groups excluding carboxylic acids is 1. The smallest absolute Gasteiger partial charge is 0.266 e. The van der Waals surface area contributed by atoms with Crippen molar-refractivity contribution in [2.75, 3.05) is 18.1 Å². The van der Waals surface area contributed by atoms with Crippen LogP contribution in [-0.4, -0.2) is 43.6 Å². The molecule has 0 aliphatic carbocycles. The Morgan fingerprint density at radius 1 is 1.50 bits per heavy atom. The summed E-state index contributed by atoms with van der Waals surface area (Å²) < 4.78 is 1.79. The fourth-order valence-electron chi connectivity index (χ4n) is 2.37. The molecule has 106 valence electrons. The van der Waals surface area contributed by atoms with E-state index >= 15 is 0 Å². The summed E-state index contributed by atoms with van der Waals surface area (Å²) >= 11 is 3.31. The number of nitrogens with zero attached hydrogens (tertiary/aromatic N) is 4. The minimum Gasteiger partial charge on any atom is -0.329 e. The van der Waals surface area contributed by atoms with Gasteiger partial charge in [-0.2, -0.15) is 16.9 Å². The van der Waals surface area contributed by atoms with Gasteiger partial charge in [-0.05, 0) is 6.92 Å². The van der Waals surface area contributed by atoms with Crippen LogP contribution in [0.3, 0.4) is 0 Å². The van der Waals surface area contributed by atoms with Gasteiger partial charge in [-0.1, -0.05) is 0 Å². The molecule has 7 heteroatoms. The summed E-state index contributed by atoms with van der Waals surface area (Å²) in [6, 6.07) is 0.108. The maximum atomic E-state index is 12.7. The summed E-state index contributed by atoms with van der Waals surface area (Å²) in [5.74, 6) is 2.01. The highest BCUT2D eigenvalue weighted by Crippen LogP contribution is 2.31. The van der Waals surface area contributed by atoms with E-state index in [4.69, 9.17) is 0 Å². The zero-order chi connectivity index (χ0) is 14.1. The first-order valence-corrected chi connectivity index (χ1v) is 8.47. The molecule has 0 spiro atoms. The van der Waals surface area contributed by atoms with Crippen LogP contribution in [0.2, 0.25) is 0 Å². The summed E-state index contributed by atoms with van der Waals surface area (Å²) in [5, 5.41) is 4.23. The van der Waals surface area contributed by atoms with Gasteiger partial charge in [0, 0.05) is 36.9 Å². The van der Waals surface area contributed by atoms with E-state index in [1.807, 2.05) is 43.0 Å². The highest BCUT2D eigenvalue weighted by atomic mass is 32.2. The average Bonchev–Trinajstić information content (AvgIpc) is 3.07. The predicted octanol–water partition coefficient (Wildman–Crippen LogP) is 2.12. The van der Waals surface area contributed by atoms with Crippen molar-refractivity contribution in [3.05, 3.63) is 34.0 Å². The van der Waals surface area contributed by atoms with Gasteiger partial charge in [-0.15, -0.1) is 11.3 Å². The van der Waals surface area contributed by atoms with Crippen molar-refractivity contribution >= 4 is 29.0 Å². The summed E-state index contributed by atoms with van der Waals surface area (Å²) in [5.41, 5.74) is 3.67. The summed E-state index contributed by atoms with van der Waals surface area (Å²) in [6.45, 7) is 2.67. The number of aromatic nitrogens is 3. The minimum absolute atomic E-state index is 0.0964. The monoisotopic (exact) mass is 308 g/mol. The first-order chi connectivity index (χ1) is 9.66. The molecule has 0 radical (unpaired) electrons. The Hall–Kier alpha value is -1.34. The van der Waals surface area contributed by atoms with E-state index in [2.05, 4.69) is 10.1 Å². The summed E-state index contributed by atoms with van der Waals surface area (Å²) in [6.07, 6.45) is 3.85. The highest BCUT2D eigenvalue weighted by molar-refractivity contribution is 7.99. The number of rotatable bonds is 2. The maximum Gasteiger partial charge on any atom is 0.266 e. The molecule has 3 rings (SSSR count). The number of carbonyl (C=O) groups is 1. The molecule has 0 saturated carbocycles. The van der Waals surface area contributed by atoms with Crippen molar-refractivity contribution < 1.29 is 4.79 Å². The Balaban J connectivity index is 1.89. The third-order valence-electron chi connectivity index (χ3n) is 3.44. The van der Waals surface area contributed by atoms with Crippen molar-refractivity contribution in [3.63, 3.8) is 0 Å². The van der Waals surface area contributed by atoms with Crippen LogP contribution in [0.25, 0.3) is 0 Å². The van der Waals surface area contributed by atoms with E-state index in [1.165, 1.54) is 11.3 Å². The minimum atomic E-state index is 0.0964. The fraction of sp³-hybridized carbons (Fsp3) is 0.462. The van der Waals surface area contributed by atoms with Crippen LogP contribution in [0, 0.1) is 6.92 Å². The van der Waals surface area contributed by atoms with Crippen molar-refractivity contribution in [2.24, 2.45) is 7.05 Å². The number of hydrogen-bond acceptors (Lipinski definition) is 5. The lowest BCUT2D eigenvalue weighted by atomic mass is 10.1. The molecule has 0 unspecified atom stereocenters. The molecule has 0 bridgehead atoms. The molecular formula is C13H16N4OS2. The van der Waals surface area contributed by atoms with E-state index in [0.717, 1.165) is 34.2 Å². The van der Waals surface area contributed by atoms with E-state index in [1.54, 1.807) is 10.2 Å². The molecule has 1 fully saturated rings. The Bertz CT molecular complexity index is 621. The quantitative estimate of drug-likeness (QED) is 0.853. The summed E-state index contributed by atoms with van der Waals surface area (Å²) in [7, 11) is 1.90. The van der Waals surface area contributed by atoms with E-state index in [9.17, 15) is 4.79 Å². The SMILES string of the molecule is Cc1ncsc1C(=O)N1CCSC[C@@H]1c1cnn(C)c1. The molecule has 1 amide bonds. The van der Waals surface area contributed by atoms with Crippen LogP contribution in [0.15, 0.2) is 17.9 Å². The molecule has 0 N–H and O–H groups in total. The molecule has 2 aromatic heterocycles. The van der Waals surface area contributed by atoms with Gasteiger partial charge in [0.25, 0.3) is 5.91 Å². The van der Waals surface area contributed by atoms with Crippen LogP contribution in [-0.2, 0) is 7.05 Å². The van der Waals surface area contributed by atoms with Gasteiger partial charge in [-0.25, -0.2) is 4.98 Å². The van der Waals surface area contributed by atoms with Crippen molar-refractivity contribution in [3.8, 4) is 0 Å². The molecule has 1 aliphatic rings. The topological polar surface area (TPSA) is 51.0 Å². The largest absolute Gasteiger partial charge is 0.329 e. The second kappa shape index (κ2) is 5.57. The first kappa shape index (κ1) is 13.6. The van der Waals surface area contributed by atoms with Crippen LogP contribution in [0.1, 0.15) is 27.0 Å². The van der Waals surface area contributed by atoms with Crippen LogP contribution in [0.4, 0.5) is 0 Å². The van der Waals surface area contributed by atoms with Crippen LogP contribution >= 0.6 is 23.1 Å². The lowest BCUT2D eigenvalue weighted by Crippen LogP contribution is -2.40. The van der Waals surface area contributed by atoms with Crippen LogP contribution in [0.5, 0.6) is 0 Å². The van der Waals surface area contributed by atoms with Gasteiger partial charge in [0.15, 0.2) is 0 Å². The lowest BCUT2D eigenvalue weighted by Gasteiger charge is -2.34. The molecule has 1 saturated heterocycles. The molecule has 20 heavy (non-hydrogen) atoms. The molecular weight excluding hydrogens is 292 g/mol. The Kier molecular flexibility index (Phi) is 3.80. The van der Waals surface area contributed by atoms with Gasteiger partial charge in [0.1, 0.15) is 4.88 Å². The molecule has 5 nitrogen and oxygen atoms in total. The molecule has 3 heterocycles. The molecule has 2 aromatic rings. The Morgan fingerprint density at radius 3 is 3.00 bits per heavy atom. The van der Waals surface area contributed by atoms with Gasteiger partial charge in [-0.3, -0.25) is 9.48 Å². The van der Waals surface area contributed by atoms with Crippen molar-refractivity contribution in [1.29, 1.82) is 0 Å².